The van der Waals surface area contributed by atoms with Crippen LogP contribution in [0.25, 0.3) is 0 Å². The second-order valence-electron chi connectivity index (χ2n) is 5.02. The van der Waals surface area contributed by atoms with E-state index in [-0.39, 0.29) is 0 Å². The molecule has 0 fully saturated rings. The van der Waals surface area contributed by atoms with E-state index in [1.165, 1.54) is 0 Å². The van der Waals surface area contributed by atoms with Crippen LogP contribution in [0.15, 0.2) is 46.0 Å². The summed E-state index contributed by atoms with van der Waals surface area (Å²) in [5, 5.41) is 53.9. The molecule has 0 aliphatic heterocycles. The van der Waals surface area contributed by atoms with Crippen LogP contribution in [0.5, 0.6) is 0 Å². The number of aliphatic hydroxyl groups is 3. The van der Waals surface area contributed by atoms with Crippen molar-refractivity contribution in [3.63, 3.8) is 0 Å². The zero-order valence-electron chi connectivity index (χ0n) is 10.8. The van der Waals surface area contributed by atoms with Gasteiger partial charge in [-0.2, -0.15) is 0 Å². The Balaban J connectivity index is 2.26. The molecule has 3 unspecified atom stereocenters. The molecule has 3 atom stereocenters. The Kier molecular flexibility index (Phi) is 2.92. The summed E-state index contributed by atoms with van der Waals surface area (Å²) in [7, 11) is 0. The molecule has 0 aromatic heterocycles. The minimum absolute atomic E-state index is 0.452. The van der Waals surface area contributed by atoms with Crippen LogP contribution in [0.1, 0.15) is 0 Å². The lowest BCUT2D eigenvalue weighted by Crippen LogP contribution is -2.47. The van der Waals surface area contributed by atoms with Gasteiger partial charge < -0.3 is 25.5 Å². The Morgan fingerprint density at radius 2 is 1.36 bits per heavy atom. The van der Waals surface area contributed by atoms with E-state index in [0.717, 1.165) is 0 Å². The van der Waals surface area contributed by atoms with Crippen LogP contribution >= 0.6 is 0 Å². The number of hydrogen-bond acceptors (Lipinski definition) is 8. The van der Waals surface area contributed by atoms with Crippen molar-refractivity contribution in [1.82, 2.24) is 0 Å². The molecule has 0 saturated heterocycles. The number of Topliss-reactive ketones (excluding diaryl/α,β-unsaturated/α-hetero) is 1. The molecule has 0 saturated carbocycles. The predicted molar refractivity (Wildman–Crippen MR) is 63.3 cm³/mol. The molecule has 8 nitrogen and oxygen atoms in total. The first kappa shape index (κ1) is 14.4. The van der Waals surface area contributed by atoms with E-state index < -0.39 is 69.5 Å². The first-order valence-electron chi connectivity index (χ1n) is 6.18. The highest BCUT2D eigenvalue weighted by Gasteiger charge is 2.44. The van der Waals surface area contributed by atoms with E-state index in [0.29, 0.717) is 12.2 Å². The average Bonchev–Trinajstić information content (AvgIpc) is 2.44. The van der Waals surface area contributed by atoms with Crippen LogP contribution in [-0.2, 0) is 14.4 Å². The van der Waals surface area contributed by atoms with Gasteiger partial charge in [-0.05, 0) is 23.3 Å². The van der Waals surface area contributed by atoms with Crippen molar-refractivity contribution in [2.24, 2.45) is 0 Å². The van der Waals surface area contributed by atoms with Gasteiger partial charge in [0.15, 0.2) is 5.78 Å². The number of aliphatic hydroxyl groups excluding tert-OH is 3. The summed E-state index contributed by atoms with van der Waals surface area (Å²) >= 11 is 0. The minimum Gasteiger partial charge on any atom is -0.872 e. The van der Waals surface area contributed by atoms with E-state index in [1.54, 1.807) is 0 Å². The maximum atomic E-state index is 11.9. The van der Waals surface area contributed by atoms with Gasteiger partial charge >= 0.3 is 0 Å². The second-order valence-corrected chi connectivity index (χ2v) is 5.02. The summed E-state index contributed by atoms with van der Waals surface area (Å²) in [6, 6.07) is 0. The lowest BCUT2D eigenvalue weighted by molar-refractivity contribution is -0.302. The normalized spacial score (nSPS) is 31.8. The number of rotatable bonds is 0. The number of ketones is 3. The molecular weight excluding hydrogens is 296 g/mol. The summed E-state index contributed by atoms with van der Waals surface area (Å²) in [6.45, 7) is 0. The van der Waals surface area contributed by atoms with Crippen LogP contribution in [0.2, 0.25) is 0 Å². The molecule has 22 heavy (non-hydrogen) atoms. The van der Waals surface area contributed by atoms with Crippen molar-refractivity contribution < 1.29 is 39.9 Å². The van der Waals surface area contributed by atoms with Crippen LogP contribution in [0.3, 0.4) is 0 Å². The number of carbonyl (C=O) groups is 3. The fourth-order valence-electron chi connectivity index (χ4n) is 2.82. The molecule has 0 amide bonds. The first-order valence-corrected chi connectivity index (χ1v) is 6.18. The summed E-state index contributed by atoms with van der Waals surface area (Å²) in [6.07, 6.45) is -4.83. The predicted octanol–water partition coefficient (Wildman–Crippen LogP) is -4.10. The third-order valence-corrected chi connectivity index (χ3v) is 3.82. The van der Waals surface area contributed by atoms with Crippen molar-refractivity contribution in [3.05, 3.63) is 46.0 Å². The number of hydrogen-bond donors (Lipinski definition) is 3. The Morgan fingerprint density at radius 3 is 2.00 bits per heavy atom. The van der Waals surface area contributed by atoms with Crippen LogP contribution < -0.4 is 10.2 Å². The molecule has 0 radical (unpaired) electrons. The Bertz CT molecular complexity index is 764. The van der Waals surface area contributed by atoms with Crippen molar-refractivity contribution in [2.75, 3.05) is 0 Å². The molecule has 3 N–H and O–H groups in total. The molecule has 0 heterocycles. The van der Waals surface area contributed by atoms with Gasteiger partial charge in [0.05, 0.1) is 0 Å². The molecule has 0 aromatic rings. The van der Waals surface area contributed by atoms with Crippen LogP contribution in [-0.4, -0.2) is 51.0 Å². The first-order chi connectivity index (χ1) is 10.3. The number of carbonyl (C=O) groups excluding carboxylic acids is 3. The quantitative estimate of drug-likeness (QED) is 0.301. The van der Waals surface area contributed by atoms with Gasteiger partial charge in [-0.3, -0.25) is 14.4 Å². The van der Waals surface area contributed by atoms with Crippen molar-refractivity contribution >= 4 is 17.3 Å². The van der Waals surface area contributed by atoms with Gasteiger partial charge in [-0.1, -0.05) is 11.5 Å². The van der Waals surface area contributed by atoms with Crippen molar-refractivity contribution in [3.8, 4) is 0 Å². The molecular formula is C14H8O8-2. The SMILES string of the molecule is O=C1C=C([O-])C2=C(C1=O)C(O)C1=C(C(O)C(=O)C=C1[O-])C2O. The lowest BCUT2D eigenvalue weighted by atomic mass is 9.72. The van der Waals surface area contributed by atoms with E-state index in [2.05, 4.69) is 0 Å². The molecule has 3 rings (SSSR count). The van der Waals surface area contributed by atoms with Crippen LogP contribution in [0, 0.1) is 0 Å². The third-order valence-electron chi connectivity index (χ3n) is 3.82. The fourth-order valence-corrected chi connectivity index (χ4v) is 2.82. The fraction of sp³-hybridized carbons (Fsp3) is 0.214. The third kappa shape index (κ3) is 1.65. The molecule has 3 aliphatic rings. The van der Waals surface area contributed by atoms with E-state index >= 15 is 0 Å². The zero-order chi connectivity index (χ0) is 16.3. The standard InChI is InChI=1S/C14H10O8/c15-3-1-5(17)11(19)9-7(3)13(21)10-8(14(9)22)4(16)2-6(18)12(10)20/h1-2,11,13-16,19,21-22H/p-2. The van der Waals surface area contributed by atoms with E-state index in [9.17, 15) is 39.9 Å². The minimum atomic E-state index is -1.96. The van der Waals surface area contributed by atoms with Gasteiger partial charge in [-0.15, -0.1) is 0 Å². The van der Waals surface area contributed by atoms with Crippen LogP contribution in [0.4, 0.5) is 0 Å². The van der Waals surface area contributed by atoms with Gasteiger partial charge in [0, 0.05) is 11.1 Å². The van der Waals surface area contributed by atoms with Crippen molar-refractivity contribution in [2.45, 2.75) is 18.3 Å². The maximum Gasteiger partial charge on any atom is 0.232 e. The van der Waals surface area contributed by atoms with E-state index in [4.69, 9.17) is 0 Å². The molecule has 3 aliphatic carbocycles. The van der Waals surface area contributed by atoms with Gasteiger partial charge in [0.1, 0.15) is 18.3 Å². The molecule has 0 bridgehead atoms. The maximum absolute atomic E-state index is 11.9. The van der Waals surface area contributed by atoms with Gasteiger partial charge in [0.2, 0.25) is 11.6 Å². The summed E-state index contributed by atoms with van der Waals surface area (Å²) in [4.78, 5) is 34.7. The highest BCUT2D eigenvalue weighted by molar-refractivity contribution is 6.49. The summed E-state index contributed by atoms with van der Waals surface area (Å²) in [5.74, 6) is -5.41. The smallest absolute Gasteiger partial charge is 0.232 e. The molecule has 8 heteroatoms. The Hall–Kier alpha value is -2.55. The zero-order valence-corrected chi connectivity index (χ0v) is 10.8. The second kappa shape index (κ2) is 4.47. The largest absolute Gasteiger partial charge is 0.872 e. The highest BCUT2D eigenvalue weighted by atomic mass is 16.3. The lowest BCUT2D eigenvalue weighted by Gasteiger charge is -2.41. The highest BCUT2D eigenvalue weighted by Crippen LogP contribution is 2.40. The molecule has 114 valence electrons. The topological polar surface area (TPSA) is 158 Å². The van der Waals surface area contributed by atoms with E-state index in [1.807, 2.05) is 0 Å². The Labute approximate surface area is 122 Å². The number of allylic oxidation sites excluding steroid dienone is 1. The van der Waals surface area contributed by atoms with Gasteiger partial charge in [-0.25, -0.2) is 0 Å². The Morgan fingerprint density at radius 1 is 0.773 bits per heavy atom. The molecule has 0 aromatic carbocycles. The van der Waals surface area contributed by atoms with Crippen molar-refractivity contribution in [1.29, 1.82) is 0 Å². The average molecular weight is 304 g/mol. The summed E-state index contributed by atoms with van der Waals surface area (Å²) in [5.41, 5.74) is -2.38. The molecule has 0 spiro atoms. The summed E-state index contributed by atoms with van der Waals surface area (Å²) < 4.78 is 0. The monoisotopic (exact) mass is 304 g/mol. The van der Waals surface area contributed by atoms with Gasteiger partial charge in [0.25, 0.3) is 0 Å².